The summed E-state index contributed by atoms with van der Waals surface area (Å²) in [5, 5.41) is 4.82. The standard InChI is InChI=1S/C17H14N2O/c18-15-10-11-16(14-9-5-4-8-13(14)15)19-17(20)12-6-2-1-3-7-12/h1-11H,18H2,(H,19,20). The maximum atomic E-state index is 12.2. The number of rotatable bonds is 2. The van der Waals surface area contributed by atoms with Gasteiger partial charge in [0.15, 0.2) is 0 Å². The molecular weight excluding hydrogens is 248 g/mol. The van der Waals surface area contributed by atoms with Gasteiger partial charge >= 0.3 is 0 Å². The molecule has 3 rings (SSSR count). The number of hydrogen-bond donors (Lipinski definition) is 2. The summed E-state index contributed by atoms with van der Waals surface area (Å²) in [5.41, 5.74) is 8.06. The normalized spacial score (nSPS) is 10.4. The van der Waals surface area contributed by atoms with Gasteiger partial charge in [-0.1, -0.05) is 42.5 Å². The van der Waals surface area contributed by atoms with E-state index >= 15 is 0 Å². The first-order valence-corrected chi connectivity index (χ1v) is 6.39. The maximum absolute atomic E-state index is 12.2. The Labute approximate surface area is 117 Å². The van der Waals surface area contributed by atoms with Crippen LogP contribution in [0.4, 0.5) is 11.4 Å². The minimum atomic E-state index is -0.125. The zero-order chi connectivity index (χ0) is 13.9. The van der Waals surface area contributed by atoms with Gasteiger partial charge in [-0.25, -0.2) is 0 Å². The molecule has 3 aromatic rings. The van der Waals surface area contributed by atoms with Crippen LogP contribution in [0.25, 0.3) is 10.8 Å². The third kappa shape index (κ3) is 2.21. The fourth-order valence-electron chi connectivity index (χ4n) is 2.22. The van der Waals surface area contributed by atoms with Crippen LogP contribution in [0.15, 0.2) is 66.7 Å². The lowest BCUT2D eigenvalue weighted by Gasteiger charge is -2.10. The highest BCUT2D eigenvalue weighted by atomic mass is 16.1. The summed E-state index contributed by atoms with van der Waals surface area (Å²) >= 11 is 0. The molecule has 98 valence electrons. The molecule has 20 heavy (non-hydrogen) atoms. The van der Waals surface area contributed by atoms with E-state index in [1.165, 1.54) is 0 Å². The second-order valence-electron chi connectivity index (χ2n) is 4.57. The van der Waals surface area contributed by atoms with Gasteiger partial charge in [0.2, 0.25) is 0 Å². The topological polar surface area (TPSA) is 55.1 Å². The minimum Gasteiger partial charge on any atom is -0.398 e. The van der Waals surface area contributed by atoms with E-state index < -0.39 is 0 Å². The Hall–Kier alpha value is -2.81. The van der Waals surface area contributed by atoms with E-state index in [1.807, 2.05) is 54.6 Å². The molecule has 0 aliphatic heterocycles. The van der Waals surface area contributed by atoms with Gasteiger partial charge in [-0.2, -0.15) is 0 Å². The van der Waals surface area contributed by atoms with Crippen LogP contribution in [0.1, 0.15) is 10.4 Å². The van der Waals surface area contributed by atoms with Gasteiger partial charge in [0.1, 0.15) is 0 Å². The largest absolute Gasteiger partial charge is 0.398 e. The van der Waals surface area contributed by atoms with Crippen molar-refractivity contribution in [3.63, 3.8) is 0 Å². The molecule has 0 fully saturated rings. The molecule has 0 saturated carbocycles. The highest BCUT2D eigenvalue weighted by molar-refractivity contribution is 6.10. The molecular formula is C17H14N2O. The third-order valence-electron chi connectivity index (χ3n) is 3.24. The van der Waals surface area contributed by atoms with E-state index in [-0.39, 0.29) is 5.91 Å². The van der Waals surface area contributed by atoms with Crippen LogP contribution in [0.3, 0.4) is 0 Å². The number of nitrogen functional groups attached to an aromatic ring is 1. The number of carbonyl (C=O) groups is 1. The molecule has 0 unspecified atom stereocenters. The van der Waals surface area contributed by atoms with Crippen molar-refractivity contribution in [2.24, 2.45) is 0 Å². The second-order valence-corrected chi connectivity index (χ2v) is 4.57. The van der Waals surface area contributed by atoms with E-state index in [1.54, 1.807) is 12.1 Å². The second kappa shape index (κ2) is 5.05. The fourth-order valence-corrected chi connectivity index (χ4v) is 2.22. The quantitative estimate of drug-likeness (QED) is 0.692. The van der Waals surface area contributed by atoms with Crippen LogP contribution >= 0.6 is 0 Å². The summed E-state index contributed by atoms with van der Waals surface area (Å²) in [5.74, 6) is -0.125. The number of carbonyl (C=O) groups excluding carboxylic acids is 1. The zero-order valence-electron chi connectivity index (χ0n) is 10.8. The Morgan fingerprint density at radius 3 is 2.20 bits per heavy atom. The molecule has 3 N–H and O–H groups in total. The summed E-state index contributed by atoms with van der Waals surface area (Å²) in [6.45, 7) is 0. The Balaban J connectivity index is 2.00. The highest BCUT2D eigenvalue weighted by Crippen LogP contribution is 2.28. The van der Waals surface area contributed by atoms with E-state index in [0.29, 0.717) is 11.3 Å². The van der Waals surface area contributed by atoms with Crippen molar-refractivity contribution in [1.29, 1.82) is 0 Å². The summed E-state index contributed by atoms with van der Waals surface area (Å²) < 4.78 is 0. The molecule has 0 aliphatic carbocycles. The van der Waals surface area contributed by atoms with Crippen molar-refractivity contribution < 1.29 is 4.79 Å². The summed E-state index contributed by atoms with van der Waals surface area (Å²) in [6, 6.07) is 20.5. The lowest BCUT2D eigenvalue weighted by Crippen LogP contribution is -2.12. The van der Waals surface area contributed by atoms with Gasteiger partial charge in [-0.15, -0.1) is 0 Å². The number of hydrogen-bond acceptors (Lipinski definition) is 2. The number of fused-ring (bicyclic) bond motifs is 1. The monoisotopic (exact) mass is 262 g/mol. The Kier molecular flexibility index (Phi) is 3.09. The molecule has 0 bridgehead atoms. The summed E-state index contributed by atoms with van der Waals surface area (Å²) in [4.78, 5) is 12.2. The van der Waals surface area contributed by atoms with Crippen LogP contribution < -0.4 is 11.1 Å². The Morgan fingerprint density at radius 1 is 0.800 bits per heavy atom. The SMILES string of the molecule is Nc1ccc(NC(=O)c2ccccc2)c2ccccc12. The molecule has 1 amide bonds. The third-order valence-corrected chi connectivity index (χ3v) is 3.24. The van der Waals surface area contributed by atoms with Crippen LogP contribution in [0, 0.1) is 0 Å². The molecule has 0 radical (unpaired) electrons. The van der Waals surface area contributed by atoms with Crippen LogP contribution in [-0.4, -0.2) is 5.91 Å². The van der Waals surface area contributed by atoms with Gasteiger partial charge in [-0.05, 0) is 24.3 Å². The zero-order valence-corrected chi connectivity index (χ0v) is 10.8. The van der Waals surface area contributed by atoms with E-state index in [0.717, 1.165) is 16.5 Å². The molecule has 3 nitrogen and oxygen atoms in total. The van der Waals surface area contributed by atoms with E-state index in [4.69, 9.17) is 5.73 Å². The van der Waals surface area contributed by atoms with Crippen molar-refractivity contribution >= 4 is 28.1 Å². The minimum absolute atomic E-state index is 0.125. The van der Waals surface area contributed by atoms with Gasteiger partial charge in [0.25, 0.3) is 5.91 Å². The first-order chi connectivity index (χ1) is 9.75. The molecule has 0 aromatic heterocycles. The number of nitrogens with one attached hydrogen (secondary N) is 1. The molecule has 0 spiro atoms. The average Bonchev–Trinajstić information content (AvgIpc) is 2.51. The molecule has 0 atom stereocenters. The summed E-state index contributed by atoms with van der Waals surface area (Å²) in [7, 11) is 0. The number of benzene rings is 3. The van der Waals surface area contributed by atoms with E-state index in [2.05, 4.69) is 5.32 Å². The highest BCUT2D eigenvalue weighted by Gasteiger charge is 2.08. The number of anilines is 2. The Bertz CT molecular complexity index is 766. The fraction of sp³-hybridized carbons (Fsp3) is 0. The van der Waals surface area contributed by atoms with Crippen molar-refractivity contribution in [3.05, 3.63) is 72.3 Å². The average molecular weight is 262 g/mol. The van der Waals surface area contributed by atoms with Crippen molar-refractivity contribution in [3.8, 4) is 0 Å². The van der Waals surface area contributed by atoms with Crippen LogP contribution in [0.5, 0.6) is 0 Å². The molecule has 3 aromatic carbocycles. The summed E-state index contributed by atoms with van der Waals surface area (Å²) in [6.07, 6.45) is 0. The van der Waals surface area contributed by atoms with Crippen molar-refractivity contribution in [2.45, 2.75) is 0 Å². The van der Waals surface area contributed by atoms with Gasteiger partial charge < -0.3 is 11.1 Å². The molecule has 0 saturated heterocycles. The Morgan fingerprint density at radius 2 is 1.45 bits per heavy atom. The van der Waals surface area contributed by atoms with E-state index in [9.17, 15) is 4.79 Å². The molecule has 0 aliphatic rings. The lowest BCUT2D eigenvalue weighted by molar-refractivity contribution is 0.102. The number of nitrogens with two attached hydrogens (primary N) is 1. The first kappa shape index (κ1) is 12.2. The van der Waals surface area contributed by atoms with Crippen molar-refractivity contribution in [1.82, 2.24) is 0 Å². The van der Waals surface area contributed by atoms with Gasteiger partial charge in [0.05, 0.1) is 0 Å². The molecule has 3 heteroatoms. The van der Waals surface area contributed by atoms with Gasteiger partial charge in [0, 0.05) is 27.7 Å². The first-order valence-electron chi connectivity index (χ1n) is 6.39. The van der Waals surface area contributed by atoms with Crippen LogP contribution in [-0.2, 0) is 0 Å². The maximum Gasteiger partial charge on any atom is 0.255 e. The smallest absolute Gasteiger partial charge is 0.255 e. The molecule has 0 heterocycles. The van der Waals surface area contributed by atoms with Crippen LogP contribution in [0.2, 0.25) is 0 Å². The predicted octanol–water partition coefficient (Wildman–Crippen LogP) is 3.67. The van der Waals surface area contributed by atoms with Crippen molar-refractivity contribution in [2.75, 3.05) is 11.1 Å². The number of amides is 1. The van der Waals surface area contributed by atoms with Gasteiger partial charge in [-0.3, -0.25) is 4.79 Å². The predicted molar refractivity (Wildman–Crippen MR) is 82.8 cm³/mol. The lowest BCUT2D eigenvalue weighted by atomic mass is 10.1.